The van der Waals surface area contributed by atoms with Crippen molar-refractivity contribution in [2.75, 3.05) is 18.0 Å². The molecule has 1 aromatic heterocycles. The summed E-state index contributed by atoms with van der Waals surface area (Å²) in [5.41, 5.74) is -0.829. The predicted octanol–water partition coefficient (Wildman–Crippen LogP) is 4.20. The molecule has 0 fully saturated rings. The molecule has 6 heteroatoms. The van der Waals surface area contributed by atoms with Crippen molar-refractivity contribution in [1.82, 2.24) is 4.98 Å². The second-order valence-corrected chi connectivity index (χ2v) is 5.86. The van der Waals surface area contributed by atoms with Gasteiger partial charge in [-0.15, -0.1) is 6.58 Å². The molecule has 0 unspecified atom stereocenters. The third-order valence-electron chi connectivity index (χ3n) is 3.43. The summed E-state index contributed by atoms with van der Waals surface area (Å²) in [6.07, 6.45) is -2.86. The van der Waals surface area contributed by atoms with Crippen LogP contribution in [0, 0.1) is 5.92 Å². The minimum absolute atomic E-state index is 0.00702. The van der Waals surface area contributed by atoms with Crippen molar-refractivity contribution in [3.8, 4) is 0 Å². The number of anilines is 1. The van der Waals surface area contributed by atoms with E-state index in [1.165, 1.54) is 12.1 Å². The van der Waals surface area contributed by atoms with Crippen LogP contribution in [0.5, 0.6) is 0 Å². The molecule has 124 valence electrons. The third-order valence-corrected chi connectivity index (χ3v) is 3.43. The van der Waals surface area contributed by atoms with Gasteiger partial charge in [0.25, 0.3) is 0 Å². The number of fused-ring (bicyclic) bond motifs is 1. The van der Waals surface area contributed by atoms with Crippen molar-refractivity contribution in [3.63, 3.8) is 0 Å². The second-order valence-electron chi connectivity index (χ2n) is 5.86. The van der Waals surface area contributed by atoms with Gasteiger partial charge in [-0.05, 0) is 24.1 Å². The van der Waals surface area contributed by atoms with E-state index in [-0.39, 0.29) is 10.9 Å². The Kier molecular flexibility index (Phi) is 4.82. The molecule has 1 aromatic carbocycles. The van der Waals surface area contributed by atoms with E-state index in [4.69, 9.17) is 0 Å². The van der Waals surface area contributed by atoms with E-state index < -0.39 is 17.3 Å². The quantitative estimate of drug-likeness (QED) is 0.837. The minimum atomic E-state index is -4.58. The summed E-state index contributed by atoms with van der Waals surface area (Å²) in [6.45, 7) is 9.00. The molecular formula is C17H19F3N2O. The summed E-state index contributed by atoms with van der Waals surface area (Å²) in [4.78, 5) is 15.8. The normalized spacial score (nSPS) is 11.9. The molecule has 0 amide bonds. The van der Waals surface area contributed by atoms with Gasteiger partial charge in [0.1, 0.15) is 0 Å². The van der Waals surface area contributed by atoms with Crippen molar-refractivity contribution >= 4 is 16.6 Å². The Labute approximate surface area is 132 Å². The van der Waals surface area contributed by atoms with Crippen molar-refractivity contribution in [3.05, 3.63) is 52.8 Å². The van der Waals surface area contributed by atoms with Gasteiger partial charge in [-0.25, -0.2) is 0 Å². The van der Waals surface area contributed by atoms with E-state index in [1.807, 2.05) is 18.7 Å². The number of benzene rings is 1. The number of rotatable bonds is 5. The molecule has 1 heterocycles. The SMILES string of the molecule is C=CCN(CC(C)C)c1ccc2[nH]c(=O)cc(C(F)(F)F)c2c1. The van der Waals surface area contributed by atoms with Crippen LogP contribution in [-0.4, -0.2) is 18.1 Å². The fraction of sp³-hybridized carbons (Fsp3) is 0.353. The van der Waals surface area contributed by atoms with Gasteiger partial charge in [0, 0.05) is 35.7 Å². The largest absolute Gasteiger partial charge is 0.417 e. The Bertz CT molecular complexity index is 763. The molecule has 0 spiro atoms. The van der Waals surface area contributed by atoms with Gasteiger partial charge in [-0.1, -0.05) is 19.9 Å². The van der Waals surface area contributed by atoms with E-state index in [0.717, 1.165) is 0 Å². The van der Waals surface area contributed by atoms with Gasteiger partial charge in [0.05, 0.1) is 5.56 Å². The molecule has 23 heavy (non-hydrogen) atoms. The van der Waals surface area contributed by atoms with E-state index in [2.05, 4.69) is 11.6 Å². The topological polar surface area (TPSA) is 36.1 Å². The van der Waals surface area contributed by atoms with Crippen LogP contribution < -0.4 is 10.5 Å². The highest BCUT2D eigenvalue weighted by atomic mass is 19.4. The fourth-order valence-corrected chi connectivity index (χ4v) is 2.55. The summed E-state index contributed by atoms with van der Waals surface area (Å²) >= 11 is 0. The molecule has 3 nitrogen and oxygen atoms in total. The molecule has 0 saturated heterocycles. The van der Waals surface area contributed by atoms with Crippen molar-refractivity contribution < 1.29 is 13.2 Å². The monoisotopic (exact) mass is 324 g/mol. The number of nitrogens with zero attached hydrogens (tertiary/aromatic N) is 1. The lowest BCUT2D eigenvalue weighted by atomic mass is 10.1. The number of aromatic amines is 1. The summed E-state index contributed by atoms with van der Waals surface area (Å²) in [6, 6.07) is 5.30. The average molecular weight is 324 g/mol. The maximum Gasteiger partial charge on any atom is 0.417 e. The lowest BCUT2D eigenvalue weighted by Gasteiger charge is -2.26. The van der Waals surface area contributed by atoms with Gasteiger partial charge in [0.2, 0.25) is 5.56 Å². The number of H-pyrrole nitrogens is 1. The number of halogens is 3. The number of hydrogen-bond acceptors (Lipinski definition) is 2. The van der Waals surface area contributed by atoms with E-state index in [0.29, 0.717) is 30.8 Å². The first kappa shape index (κ1) is 17.1. The fourth-order valence-electron chi connectivity index (χ4n) is 2.55. The summed E-state index contributed by atoms with van der Waals surface area (Å²) < 4.78 is 39.6. The number of aromatic nitrogens is 1. The molecule has 0 radical (unpaired) electrons. The summed E-state index contributed by atoms with van der Waals surface area (Å²) in [7, 11) is 0. The summed E-state index contributed by atoms with van der Waals surface area (Å²) in [5.74, 6) is 0.350. The number of nitrogens with one attached hydrogen (secondary N) is 1. The molecule has 0 aliphatic heterocycles. The van der Waals surface area contributed by atoms with Crippen LogP contribution in [0.15, 0.2) is 41.7 Å². The number of pyridine rings is 1. The first-order chi connectivity index (χ1) is 10.7. The Balaban J connectivity index is 2.62. The maximum absolute atomic E-state index is 13.2. The molecule has 0 aliphatic carbocycles. The zero-order valence-electron chi connectivity index (χ0n) is 13.1. The predicted molar refractivity (Wildman–Crippen MR) is 86.8 cm³/mol. The molecule has 1 N–H and O–H groups in total. The summed E-state index contributed by atoms with van der Waals surface area (Å²) in [5, 5.41) is -0.00702. The molecule has 2 rings (SSSR count). The van der Waals surface area contributed by atoms with Crippen LogP contribution in [0.3, 0.4) is 0 Å². The van der Waals surface area contributed by atoms with Gasteiger partial charge in [-0.3, -0.25) is 4.79 Å². The Morgan fingerprint density at radius 2 is 2.00 bits per heavy atom. The zero-order chi connectivity index (χ0) is 17.2. The van der Waals surface area contributed by atoms with Gasteiger partial charge >= 0.3 is 6.18 Å². The Morgan fingerprint density at radius 1 is 1.30 bits per heavy atom. The van der Waals surface area contributed by atoms with Crippen molar-refractivity contribution in [2.24, 2.45) is 5.92 Å². The second kappa shape index (κ2) is 6.48. The highest BCUT2D eigenvalue weighted by Gasteiger charge is 2.33. The van der Waals surface area contributed by atoms with Crippen LogP contribution in [-0.2, 0) is 6.18 Å². The molecule has 0 bridgehead atoms. The van der Waals surface area contributed by atoms with Crippen LogP contribution >= 0.6 is 0 Å². The highest BCUT2D eigenvalue weighted by molar-refractivity contribution is 5.86. The standard InChI is InChI=1S/C17H19F3N2O/c1-4-7-22(10-11(2)3)12-5-6-15-13(8-12)14(17(18,19)20)9-16(23)21-15/h4-6,8-9,11H,1,7,10H2,2-3H3,(H,21,23). The first-order valence-corrected chi connectivity index (χ1v) is 7.32. The van der Waals surface area contributed by atoms with E-state index in [1.54, 1.807) is 12.1 Å². The minimum Gasteiger partial charge on any atom is -0.368 e. The highest BCUT2D eigenvalue weighted by Crippen LogP contribution is 2.34. The number of hydrogen-bond donors (Lipinski definition) is 1. The Hall–Kier alpha value is -2.24. The van der Waals surface area contributed by atoms with E-state index >= 15 is 0 Å². The molecular weight excluding hydrogens is 305 g/mol. The number of alkyl halides is 3. The average Bonchev–Trinajstić information content (AvgIpc) is 2.44. The zero-order valence-corrected chi connectivity index (χ0v) is 13.1. The van der Waals surface area contributed by atoms with Crippen molar-refractivity contribution in [1.29, 1.82) is 0 Å². The van der Waals surface area contributed by atoms with Crippen LogP contribution in [0.4, 0.5) is 18.9 Å². The van der Waals surface area contributed by atoms with E-state index in [9.17, 15) is 18.0 Å². The van der Waals surface area contributed by atoms with Gasteiger partial charge in [0.15, 0.2) is 0 Å². The van der Waals surface area contributed by atoms with Gasteiger partial charge in [-0.2, -0.15) is 13.2 Å². The lowest BCUT2D eigenvalue weighted by molar-refractivity contribution is -0.136. The molecule has 0 aliphatic rings. The molecule has 2 aromatic rings. The van der Waals surface area contributed by atoms with Gasteiger partial charge < -0.3 is 9.88 Å². The lowest BCUT2D eigenvalue weighted by Crippen LogP contribution is -2.27. The van der Waals surface area contributed by atoms with Crippen LogP contribution in [0.1, 0.15) is 19.4 Å². The smallest absolute Gasteiger partial charge is 0.368 e. The Morgan fingerprint density at radius 3 is 2.57 bits per heavy atom. The maximum atomic E-state index is 13.2. The van der Waals surface area contributed by atoms with Crippen LogP contribution in [0.25, 0.3) is 10.9 Å². The third kappa shape index (κ3) is 3.94. The molecule has 0 saturated carbocycles. The molecule has 0 atom stereocenters. The van der Waals surface area contributed by atoms with Crippen LogP contribution in [0.2, 0.25) is 0 Å². The first-order valence-electron chi connectivity index (χ1n) is 7.32. The van der Waals surface area contributed by atoms with Crippen molar-refractivity contribution in [2.45, 2.75) is 20.0 Å².